The van der Waals surface area contributed by atoms with Crippen molar-refractivity contribution in [1.82, 2.24) is 0 Å². The Kier molecular flexibility index (Phi) is 5.53. The van der Waals surface area contributed by atoms with E-state index >= 15 is 0 Å². The SMILES string of the molecule is Cc1cc(C)c(/C=C/C(=O)c2ccc(OCC(=O)O)cc2)cc1C. The van der Waals surface area contributed by atoms with Crippen LogP contribution in [0.3, 0.4) is 0 Å². The number of carbonyl (C=O) groups excluding carboxylic acids is 1. The fraction of sp³-hybridized carbons (Fsp3) is 0.200. The molecule has 0 spiro atoms. The number of ketones is 1. The van der Waals surface area contributed by atoms with E-state index in [1.165, 1.54) is 11.1 Å². The highest BCUT2D eigenvalue weighted by atomic mass is 16.5. The average molecular weight is 324 g/mol. The molecule has 4 nitrogen and oxygen atoms in total. The quantitative estimate of drug-likeness (QED) is 0.645. The van der Waals surface area contributed by atoms with E-state index in [2.05, 4.69) is 19.1 Å². The third-order valence-electron chi connectivity index (χ3n) is 3.80. The first kappa shape index (κ1) is 17.5. The molecule has 0 aliphatic heterocycles. The van der Waals surface area contributed by atoms with Crippen molar-refractivity contribution in [3.8, 4) is 5.75 Å². The fourth-order valence-corrected chi connectivity index (χ4v) is 2.28. The lowest BCUT2D eigenvalue weighted by Gasteiger charge is -2.06. The van der Waals surface area contributed by atoms with Crippen LogP contribution in [0, 0.1) is 20.8 Å². The van der Waals surface area contributed by atoms with Gasteiger partial charge in [-0.15, -0.1) is 0 Å². The summed E-state index contributed by atoms with van der Waals surface area (Å²) < 4.78 is 5.04. The zero-order valence-corrected chi connectivity index (χ0v) is 14.0. The largest absolute Gasteiger partial charge is 0.482 e. The molecule has 0 saturated heterocycles. The van der Waals surface area contributed by atoms with Crippen molar-refractivity contribution in [3.63, 3.8) is 0 Å². The maximum atomic E-state index is 12.2. The van der Waals surface area contributed by atoms with Crippen LogP contribution in [0.25, 0.3) is 6.08 Å². The van der Waals surface area contributed by atoms with Gasteiger partial charge in [-0.25, -0.2) is 4.79 Å². The number of benzene rings is 2. The van der Waals surface area contributed by atoms with Crippen molar-refractivity contribution < 1.29 is 19.4 Å². The Morgan fingerprint density at radius 1 is 1.00 bits per heavy atom. The van der Waals surface area contributed by atoms with Crippen molar-refractivity contribution in [1.29, 1.82) is 0 Å². The second-order valence-electron chi connectivity index (χ2n) is 5.70. The van der Waals surface area contributed by atoms with Crippen molar-refractivity contribution >= 4 is 17.8 Å². The molecule has 0 fully saturated rings. The summed E-state index contributed by atoms with van der Waals surface area (Å²) in [7, 11) is 0. The molecule has 1 N–H and O–H groups in total. The molecule has 0 bridgehead atoms. The molecular weight excluding hydrogens is 304 g/mol. The highest BCUT2D eigenvalue weighted by molar-refractivity contribution is 6.06. The van der Waals surface area contributed by atoms with Crippen molar-refractivity contribution in [2.45, 2.75) is 20.8 Å². The Balaban J connectivity index is 2.09. The maximum absolute atomic E-state index is 12.2. The summed E-state index contributed by atoms with van der Waals surface area (Å²) in [4.78, 5) is 22.7. The summed E-state index contributed by atoms with van der Waals surface area (Å²) in [5.74, 6) is -0.734. The molecule has 0 radical (unpaired) electrons. The average Bonchev–Trinajstić information content (AvgIpc) is 2.55. The Morgan fingerprint density at radius 3 is 2.25 bits per heavy atom. The minimum absolute atomic E-state index is 0.114. The smallest absolute Gasteiger partial charge is 0.341 e. The van der Waals surface area contributed by atoms with Gasteiger partial charge >= 0.3 is 5.97 Å². The third kappa shape index (κ3) is 4.56. The van der Waals surface area contributed by atoms with Gasteiger partial charge in [0.25, 0.3) is 0 Å². The van der Waals surface area contributed by atoms with Gasteiger partial charge < -0.3 is 9.84 Å². The number of carboxylic acids is 1. The predicted octanol–water partition coefficient (Wildman–Crippen LogP) is 3.97. The molecule has 2 rings (SSSR count). The predicted molar refractivity (Wildman–Crippen MR) is 93.6 cm³/mol. The van der Waals surface area contributed by atoms with Crippen LogP contribution in [0.1, 0.15) is 32.6 Å². The number of carbonyl (C=O) groups is 2. The van der Waals surface area contributed by atoms with Gasteiger partial charge in [0, 0.05) is 5.56 Å². The number of allylic oxidation sites excluding steroid dienone is 1. The molecule has 0 aliphatic rings. The van der Waals surface area contributed by atoms with Gasteiger partial charge in [0.15, 0.2) is 12.4 Å². The molecule has 2 aromatic rings. The highest BCUT2D eigenvalue weighted by Gasteiger charge is 2.05. The lowest BCUT2D eigenvalue weighted by Crippen LogP contribution is -2.09. The standard InChI is InChI=1S/C20H20O4/c1-13-10-15(3)17(11-14(13)2)6-9-19(21)16-4-7-18(8-5-16)24-12-20(22)23/h4-11H,12H2,1-3H3,(H,22,23)/b9-6+. The second-order valence-corrected chi connectivity index (χ2v) is 5.70. The first-order valence-electron chi connectivity index (χ1n) is 7.61. The number of hydrogen-bond acceptors (Lipinski definition) is 3. The number of aryl methyl sites for hydroxylation is 3. The Labute approximate surface area is 141 Å². The lowest BCUT2D eigenvalue weighted by atomic mass is 10.00. The Morgan fingerprint density at radius 2 is 1.62 bits per heavy atom. The van der Waals surface area contributed by atoms with Gasteiger partial charge in [-0.3, -0.25) is 4.79 Å². The molecule has 0 atom stereocenters. The monoisotopic (exact) mass is 324 g/mol. The van der Waals surface area contributed by atoms with Gasteiger partial charge in [-0.2, -0.15) is 0 Å². The summed E-state index contributed by atoms with van der Waals surface area (Å²) in [6.45, 7) is 5.73. The van der Waals surface area contributed by atoms with Crippen molar-refractivity contribution in [2.24, 2.45) is 0 Å². The molecule has 0 amide bonds. The number of hydrogen-bond donors (Lipinski definition) is 1. The van der Waals surface area contributed by atoms with Gasteiger partial charge in [-0.1, -0.05) is 18.2 Å². The van der Waals surface area contributed by atoms with Crippen LogP contribution in [0.4, 0.5) is 0 Å². The zero-order chi connectivity index (χ0) is 17.7. The van der Waals surface area contributed by atoms with Gasteiger partial charge in [0.05, 0.1) is 0 Å². The number of carboxylic acid groups (broad SMARTS) is 1. The van der Waals surface area contributed by atoms with E-state index in [-0.39, 0.29) is 5.78 Å². The minimum Gasteiger partial charge on any atom is -0.482 e. The number of rotatable bonds is 6. The molecule has 2 aromatic carbocycles. The second kappa shape index (κ2) is 7.59. The van der Waals surface area contributed by atoms with Crippen LogP contribution in [0.15, 0.2) is 42.5 Å². The Hall–Kier alpha value is -2.88. The third-order valence-corrected chi connectivity index (χ3v) is 3.80. The molecular formula is C20H20O4. The molecule has 0 saturated carbocycles. The van der Waals surface area contributed by atoms with Crippen molar-refractivity contribution in [3.05, 3.63) is 70.3 Å². The Bertz CT molecular complexity index is 786. The van der Waals surface area contributed by atoms with E-state index in [0.717, 1.165) is 11.1 Å². The van der Waals surface area contributed by atoms with Crippen LogP contribution >= 0.6 is 0 Å². The zero-order valence-electron chi connectivity index (χ0n) is 14.0. The molecule has 124 valence electrons. The van der Waals surface area contributed by atoms with E-state index in [9.17, 15) is 9.59 Å². The molecule has 0 unspecified atom stereocenters. The first-order valence-corrected chi connectivity index (χ1v) is 7.61. The van der Waals surface area contributed by atoms with E-state index < -0.39 is 12.6 Å². The number of ether oxygens (including phenoxy) is 1. The lowest BCUT2D eigenvalue weighted by molar-refractivity contribution is -0.139. The van der Waals surface area contributed by atoms with E-state index in [1.807, 2.05) is 19.9 Å². The van der Waals surface area contributed by atoms with E-state index in [4.69, 9.17) is 9.84 Å². The van der Waals surface area contributed by atoms with Gasteiger partial charge in [0.2, 0.25) is 0 Å². The van der Waals surface area contributed by atoms with E-state index in [1.54, 1.807) is 30.3 Å². The highest BCUT2D eigenvalue weighted by Crippen LogP contribution is 2.18. The first-order chi connectivity index (χ1) is 11.4. The molecule has 0 aliphatic carbocycles. The maximum Gasteiger partial charge on any atom is 0.341 e. The minimum atomic E-state index is -1.04. The summed E-state index contributed by atoms with van der Waals surface area (Å²) in [5.41, 5.74) is 5.09. The molecule has 0 heterocycles. The van der Waals surface area contributed by atoms with Crippen LogP contribution in [-0.4, -0.2) is 23.5 Å². The molecule has 24 heavy (non-hydrogen) atoms. The number of aliphatic carboxylic acids is 1. The van der Waals surface area contributed by atoms with Crippen molar-refractivity contribution in [2.75, 3.05) is 6.61 Å². The van der Waals surface area contributed by atoms with Gasteiger partial charge in [-0.05, 0) is 73.4 Å². The van der Waals surface area contributed by atoms with Crippen LogP contribution < -0.4 is 4.74 Å². The van der Waals surface area contributed by atoms with Gasteiger partial charge in [0.1, 0.15) is 5.75 Å². The normalized spacial score (nSPS) is 10.8. The summed E-state index contributed by atoms with van der Waals surface area (Å²) in [5, 5.41) is 8.57. The summed E-state index contributed by atoms with van der Waals surface area (Å²) in [6.07, 6.45) is 3.36. The van der Waals surface area contributed by atoms with E-state index in [0.29, 0.717) is 11.3 Å². The summed E-state index contributed by atoms with van der Waals surface area (Å²) >= 11 is 0. The molecule has 0 aromatic heterocycles. The topological polar surface area (TPSA) is 63.6 Å². The van der Waals surface area contributed by atoms with Crippen LogP contribution in [0.5, 0.6) is 5.75 Å². The van der Waals surface area contributed by atoms with Crippen LogP contribution in [-0.2, 0) is 4.79 Å². The summed E-state index contributed by atoms with van der Waals surface area (Å²) in [6, 6.07) is 10.6. The van der Waals surface area contributed by atoms with Crippen LogP contribution in [0.2, 0.25) is 0 Å². The fourth-order valence-electron chi connectivity index (χ4n) is 2.28. The molecule has 4 heteroatoms.